The summed E-state index contributed by atoms with van der Waals surface area (Å²) in [7, 11) is 0. The van der Waals surface area contributed by atoms with Gasteiger partial charge in [0.25, 0.3) is 0 Å². The van der Waals surface area contributed by atoms with E-state index in [1.54, 1.807) is 0 Å². The van der Waals surface area contributed by atoms with E-state index in [1.165, 1.54) is 63.8 Å². The van der Waals surface area contributed by atoms with Crippen LogP contribution in [0.2, 0.25) is 0 Å². The maximum atomic E-state index is 10.2. The van der Waals surface area contributed by atoms with Gasteiger partial charge in [-0.3, -0.25) is 0 Å². The van der Waals surface area contributed by atoms with E-state index in [2.05, 4.69) is 103 Å². The Morgan fingerprint density at radius 1 is 0.727 bits per heavy atom. The van der Waals surface area contributed by atoms with Gasteiger partial charge in [-0.05, 0) is 120 Å². The molecule has 0 bridgehead atoms. The summed E-state index contributed by atoms with van der Waals surface area (Å²) in [6.45, 7) is 0. The SMILES string of the molecule is N#Cc1cccc2c1C1(CCCCC1)c1cc(-c3ccc(-c4nc(C5=CCC6C(=C5)Oc5ccccc56)nc(C5=CC6=C(CCC=C6)CC5)n4)cc3)ccc1-2. The monoisotopic (exact) mass is 712 g/mol. The van der Waals surface area contributed by atoms with Crippen molar-refractivity contribution < 1.29 is 4.74 Å². The number of allylic oxidation sites excluding steroid dienone is 10. The van der Waals surface area contributed by atoms with Crippen LogP contribution < -0.4 is 4.74 Å². The van der Waals surface area contributed by atoms with E-state index in [-0.39, 0.29) is 11.3 Å². The van der Waals surface area contributed by atoms with Crippen LogP contribution in [-0.4, -0.2) is 15.0 Å². The lowest BCUT2D eigenvalue weighted by molar-refractivity contribution is 0.352. The highest BCUT2D eigenvalue weighted by Crippen LogP contribution is 2.57. The topological polar surface area (TPSA) is 71.7 Å². The molecule has 266 valence electrons. The number of nitrogens with zero attached hydrogens (tertiary/aromatic N) is 4. The van der Waals surface area contributed by atoms with Crippen molar-refractivity contribution in [3.8, 4) is 45.5 Å². The van der Waals surface area contributed by atoms with Gasteiger partial charge in [0.1, 0.15) is 11.5 Å². The van der Waals surface area contributed by atoms with Gasteiger partial charge in [0.05, 0.1) is 11.6 Å². The van der Waals surface area contributed by atoms with E-state index >= 15 is 0 Å². The predicted molar refractivity (Wildman–Crippen MR) is 218 cm³/mol. The Morgan fingerprint density at radius 3 is 2.44 bits per heavy atom. The normalized spacial score (nSPS) is 19.9. The van der Waals surface area contributed by atoms with Crippen molar-refractivity contribution in [3.05, 3.63) is 166 Å². The van der Waals surface area contributed by atoms with Crippen molar-refractivity contribution in [2.75, 3.05) is 0 Å². The van der Waals surface area contributed by atoms with E-state index in [1.807, 2.05) is 18.2 Å². The molecule has 1 fully saturated rings. The van der Waals surface area contributed by atoms with Crippen molar-refractivity contribution in [2.45, 2.75) is 75.5 Å². The minimum Gasteiger partial charge on any atom is -0.461 e. The molecule has 1 unspecified atom stereocenters. The molecule has 5 aliphatic carbocycles. The molecule has 2 heterocycles. The standard InChI is InChI=1S/C50H40N4O/c51-30-38-11-8-13-42-39-23-21-35(28-43(39)50(46(38)42)25-6-1-7-26-50)32-15-18-33(19-16-32)47-52-48(36-20-17-31-9-2-3-10-34(31)27-36)54-49(53-47)37-22-24-41-40-12-4-5-14-44(40)55-45(41)29-37/h3-5,8,10-16,18-19,21-23,27-29,41H,1-2,6-7,9,17,20,24-26H2. The highest BCUT2D eigenvalue weighted by molar-refractivity contribution is 5.86. The van der Waals surface area contributed by atoms with Crippen molar-refractivity contribution >= 4 is 11.1 Å². The lowest BCUT2D eigenvalue weighted by atomic mass is 9.66. The van der Waals surface area contributed by atoms with E-state index in [0.717, 1.165) is 90.1 Å². The molecule has 5 aromatic rings. The van der Waals surface area contributed by atoms with Crippen LogP contribution in [-0.2, 0) is 5.41 Å². The predicted octanol–water partition coefficient (Wildman–Crippen LogP) is 12.0. The number of aromatic nitrogens is 3. The number of benzene rings is 4. The fourth-order valence-corrected chi connectivity index (χ4v) is 10.2. The summed E-state index contributed by atoms with van der Waals surface area (Å²) in [5.41, 5.74) is 15.5. The zero-order valence-electron chi connectivity index (χ0n) is 30.8. The Labute approximate surface area is 322 Å². The molecule has 1 aromatic heterocycles. The summed E-state index contributed by atoms with van der Waals surface area (Å²) in [4.78, 5) is 15.5. The molecule has 0 saturated heterocycles. The Hall–Kier alpha value is -6.12. The molecular formula is C50H40N4O. The van der Waals surface area contributed by atoms with Gasteiger partial charge >= 0.3 is 0 Å². The number of fused-ring (bicyclic) bond motifs is 8. The molecule has 5 nitrogen and oxygen atoms in total. The van der Waals surface area contributed by atoms with Crippen LogP contribution in [0.1, 0.15) is 104 Å². The van der Waals surface area contributed by atoms with Gasteiger partial charge in [0, 0.05) is 28.0 Å². The minimum absolute atomic E-state index is 0.0870. The third kappa shape index (κ3) is 5.23. The number of hydrogen-bond acceptors (Lipinski definition) is 5. The molecule has 55 heavy (non-hydrogen) atoms. The Kier molecular flexibility index (Phi) is 7.49. The van der Waals surface area contributed by atoms with Crippen LogP contribution in [0.5, 0.6) is 5.75 Å². The number of hydrogen-bond donors (Lipinski definition) is 0. The summed E-state index contributed by atoms with van der Waals surface area (Å²) in [5.74, 6) is 4.24. The molecule has 4 aromatic carbocycles. The van der Waals surface area contributed by atoms with E-state index < -0.39 is 0 Å². The summed E-state index contributed by atoms with van der Waals surface area (Å²) in [5, 5.41) is 10.2. The first-order valence-electron chi connectivity index (χ1n) is 20.0. The van der Waals surface area contributed by atoms with Gasteiger partial charge in [0.2, 0.25) is 0 Å². The highest BCUT2D eigenvalue weighted by Gasteiger charge is 2.45. The van der Waals surface area contributed by atoms with Crippen LogP contribution in [0.3, 0.4) is 0 Å². The van der Waals surface area contributed by atoms with Crippen LogP contribution >= 0.6 is 0 Å². The molecule has 6 aliphatic rings. The summed E-state index contributed by atoms with van der Waals surface area (Å²) in [6.07, 6.45) is 22.1. The molecule has 1 atom stereocenters. The summed E-state index contributed by atoms with van der Waals surface area (Å²) >= 11 is 0. The lowest BCUT2D eigenvalue weighted by Crippen LogP contribution is -2.29. The third-order valence-corrected chi connectivity index (χ3v) is 12.9. The Bertz CT molecular complexity index is 2640. The van der Waals surface area contributed by atoms with Crippen LogP contribution in [0.25, 0.3) is 44.8 Å². The number of nitriles is 1. The Balaban J connectivity index is 0.968. The first-order valence-corrected chi connectivity index (χ1v) is 20.0. The number of rotatable bonds is 4. The maximum absolute atomic E-state index is 10.2. The van der Waals surface area contributed by atoms with Crippen LogP contribution in [0.4, 0.5) is 0 Å². The Morgan fingerprint density at radius 2 is 1.55 bits per heavy atom. The van der Waals surface area contributed by atoms with Gasteiger partial charge in [-0.15, -0.1) is 0 Å². The summed E-state index contributed by atoms with van der Waals surface area (Å²) < 4.78 is 6.34. The summed E-state index contributed by atoms with van der Waals surface area (Å²) in [6, 6.07) is 32.8. The molecule has 0 radical (unpaired) electrons. The van der Waals surface area contributed by atoms with E-state index in [9.17, 15) is 5.26 Å². The molecule has 1 spiro atoms. The average Bonchev–Trinajstić information content (AvgIpc) is 3.76. The first-order chi connectivity index (χ1) is 27.1. The van der Waals surface area contributed by atoms with Gasteiger partial charge in [-0.25, -0.2) is 15.0 Å². The fourth-order valence-electron chi connectivity index (χ4n) is 10.2. The third-order valence-electron chi connectivity index (χ3n) is 12.9. The van der Waals surface area contributed by atoms with Crippen LogP contribution in [0.15, 0.2) is 132 Å². The van der Waals surface area contributed by atoms with Gasteiger partial charge in [0.15, 0.2) is 17.5 Å². The second kappa shape index (κ2) is 12.7. The van der Waals surface area contributed by atoms with Crippen molar-refractivity contribution in [1.29, 1.82) is 5.26 Å². The molecular weight excluding hydrogens is 673 g/mol. The zero-order chi connectivity index (χ0) is 36.5. The molecule has 0 amide bonds. The molecule has 11 rings (SSSR count). The lowest BCUT2D eigenvalue weighted by Gasteiger charge is -2.36. The van der Waals surface area contributed by atoms with Crippen molar-refractivity contribution in [1.82, 2.24) is 15.0 Å². The zero-order valence-corrected chi connectivity index (χ0v) is 30.8. The molecule has 0 N–H and O–H groups in total. The van der Waals surface area contributed by atoms with Gasteiger partial charge < -0.3 is 4.74 Å². The maximum Gasteiger partial charge on any atom is 0.164 e. The average molecular weight is 713 g/mol. The molecule has 1 saturated carbocycles. The fraction of sp³-hybridized carbons (Fsp3) is 0.240. The second-order valence-corrected chi connectivity index (χ2v) is 15.9. The second-order valence-electron chi connectivity index (χ2n) is 15.9. The highest BCUT2D eigenvalue weighted by atomic mass is 16.5. The minimum atomic E-state index is -0.0870. The van der Waals surface area contributed by atoms with Crippen molar-refractivity contribution in [2.24, 2.45) is 0 Å². The first kappa shape index (κ1) is 32.3. The molecule has 5 heteroatoms. The quantitative estimate of drug-likeness (QED) is 0.185. The van der Waals surface area contributed by atoms with Crippen molar-refractivity contribution in [3.63, 3.8) is 0 Å². The largest absolute Gasteiger partial charge is 0.461 e. The van der Waals surface area contributed by atoms with E-state index in [0.29, 0.717) is 11.6 Å². The number of para-hydroxylation sites is 1. The smallest absolute Gasteiger partial charge is 0.164 e. The van der Waals surface area contributed by atoms with Gasteiger partial charge in [-0.1, -0.05) is 110 Å². The number of ether oxygens (including phenoxy) is 1. The molecule has 1 aliphatic heterocycles. The van der Waals surface area contributed by atoms with Crippen LogP contribution in [0, 0.1) is 11.3 Å². The van der Waals surface area contributed by atoms with Gasteiger partial charge in [-0.2, -0.15) is 5.26 Å². The van der Waals surface area contributed by atoms with E-state index in [4.69, 9.17) is 19.7 Å².